The zero-order valence-corrected chi connectivity index (χ0v) is 16.6. The van der Waals surface area contributed by atoms with Crippen LogP contribution in [0.2, 0.25) is 0 Å². The van der Waals surface area contributed by atoms with E-state index in [-0.39, 0.29) is 11.5 Å². The first-order valence-electron chi connectivity index (χ1n) is 9.29. The van der Waals surface area contributed by atoms with Gasteiger partial charge in [0.1, 0.15) is 11.1 Å². The summed E-state index contributed by atoms with van der Waals surface area (Å²) in [6.45, 7) is 2.21. The van der Waals surface area contributed by atoms with Crippen molar-refractivity contribution < 1.29 is 18.7 Å². The first-order valence-corrected chi connectivity index (χ1v) is 10.2. The molecule has 0 N–H and O–H groups in total. The Balaban J connectivity index is 1.51. The Morgan fingerprint density at radius 1 is 1.17 bits per heavy atom. The minimum Gasteiger partial charge on any atom is -0.452 e. The van der Waals surface area contributed by atoms with Gasteiger partial charge in [0.25, 0.3) is 5.91 Å². The van der Waals surface area contributed by atoms with Crippen LogP contribution in [0, 0.1) is 0 Å². The van der Waals surface area contributed by atoms with Crippen molar-refractivity contribution in [2.45, 2.75) is 23.5 Å². The number of ether oxygens (including phenoxy) is 1. The smallest absolute Gasteiger partial charge is 0.351 e. The predicted molar refractivity (Wildman–Crippen MR) is 111 cm³/mol. The normalized spacial score (nSPS) is 16.2. The summed E-state index contributed by atoms with van der Waals surface area (Å²) < 4.78 is 10.3. The van der Waals surface area contributed by atoms with E-state index in [9.17, 15) is 14.4 Å². The number of esters is 1. The maximum atomic E-state index is 12.8. The van der Waals surface area contributed by atoms with E-state index in [0.717, 1.165) is 17.0 Å². The number of amides is 1. The van der Waals surface area contributed by atoms with E-state index in [1.165, 1.54) is 6.07 Å². The molecule has 0 saturated heterocycles. The third kappa shape index (κ3) is 4.05. The van der Waals surface area contributed by atoms with Crippen molar-refractivity contribution in [3.8, 4) is 0 Å². The highest BCUT2D eigenvalue weighted by Crippen LogP contribution is 2.37. The van der Waals surface area contributed by atoms with Crippen molar-refractivity contribution in [3.05, 3.63) is 70.6 Å². The summed E-state index contributed by atoms with van der Waals surface area (Å²) in [7, 11) is 0. The van der Waals surface area contributed by atoms with Crippen LogP contribution in [0.5, 0.6) is 0 Å². The van der Waals surface area contributed by atoms with Gasteiger partial charge >= 0.3 is 11.6 Å². The molecule has 1 aliphatic rings. The topological polar surface area (TPSA) is 76.8 Å². The van der Waals surface area contributed by atoms with Gasteiger partial charge in [-0.1, -0.05) is 37.3 Å². The summed E-state index contributed by atoms with van der Waals surface area (Å²) in [5, 5.41) is 0.983. The number of anilines is 1. The fourth-order valence-electron chi connectivity index (χ4n) is 3.23. The lowest BCUT2D eigenvalue weighted by Gasteiger charge is -2.22. The summed E-state index contributed by atoms with van der Waals surface area (Å²) in [5.41, 5.74) is 0.189. The fourth-order valence-corrected chi connectivity index (χ4v) is 4.35. The minimum atomic E-state index is -0.872. The highest BCUT2D eigenvalue weighted by atomic mass is 32.2. The molecule has 0 radical (unpaired) electrons. The molecule has 2 heterocycles. The Hall–Kier alpha value is -3.06. The van der Waals surface area contributed by atoms with Crippen LogP contribution in [-0.2, 0) is 9.53 Å². The zero-order chi connectivity index (χ0) is 20.4. The van der Waals surface area contributed by atoms with E-state index in [0.29, 0.717) is 22.8 Å². The van der Waals surface area contributed by atoms with Crippen LogP contribution >= 0.6 is 11.8 Å². The standard InChI is InChI=1S/C22H19NO5S/c1-14-10-11-23(17-7-3-5-9-19(17)29-14)20(24)13-27-21(25)16-12-15-6-2-4-8-18(15)28-22(16)26/h2-9,12,14H,10-11,13H2,1H3/t14-/m0/s1. The van der Waals surface area contributed by atoms with Crippen molar-refractivity contribution in [2.75, 3.05) is 18.1 Å². The van der Waals surface area contributed by atoms with Gasteiger partial charge in [-0.3, -0.25) is 4.79 Å². The first-order chi connectivity index (χ1) is 14.0. The highest BCUT2D eigenvalue weighted by Gasteiger charge is 2.25. The summed E-state index contributed by atoms with van der Waals surface area (Å²) in [6, 6.07) is 16.0. The zero-order valence-electron chi connectivity index (χ0n) is 15.8. The monoisotopic (exact) mass is 409 g/mol. The summed E-state index contributed by atoms with van der Waals surface area (Å²) >= 11 is 1.72. The van der Waals surface area contributed by atoms with Gasteiger partial charge in [-0.25, -0.2) is 9.59 Å². The van der Waals surface area contributed by atoms with Crippen LogP contribution in [-0.4, -0.2) is 30.3 Å². The molecule has 29 heavy (non-hydrogen) atoms. The molecule has 1 amide bonds. The number of carbonyl (C=O) groups is 2. The average Bonchev–Trinajstić information content (AvgIpc) is 2.89. The van der Waals surface area contributed by atoms with Crippen LogP contribution < -0.4 is 10.5 Å². The molecule has 0 bridgehead atoms. The molecule has 2 aromatic carbocycles. The van der Waals surface area contributed by atoms with Crippen LogP contribution in [0.15, 0.2) is 68.7 Å². The molecule has 3 aromatic rings. The first kappa shape index (κ1) is 19.3. The third-order valence-corrected chi connectivity index (χ3v) is 5.97. The van der Waals surface area contributed by atoms with Crippen molar-refractivity contribution in [3.63, 3.8) is 0 Å². The van der Waals surface area contributed by atoms with E-state index >= 15 is 0 Å². The van der Waals surface area contributed by atoms with Crippen LogP contribution in [0.3, 0.4) is 0 Å². The summed E-state index contributed by atoms with van der Waals surface area (Å²) in [5.74, 6) is -1.20. The number of rotatable bonds is 3. The highest BCUT2D eigenvalue weighted by molar-refractivity contribution is 8.00. The van der Waals surface area contributed by atoms with E-state index < -0.39 is 18.2 Å². The molecule has 0 spiro atoms. The molecule has 0 unspecified atom stereocenters. The number of nitrogens with zero attached hydrogens (tertiary/aromatic N) is 1. The summed E-state index contributed by atoms with van der Waals surface area (Å²) in [6.07, 6.45) is 0.827. The number of para-hydroxylation sites is 2. The Labute approximate surface area is 171 Å². The Morgan fingerprint density at radius 3 is 2.79 bits per heavy atom. The Bertz CT molecular complexity index is 1140. The van der Waals surface area contributed by atoms with Crippen molar-refractivity contribution in [2.24, 2.45) is 0 Å². The van der Waals surface area contributed by atoms with E-state index in [1.54, 1.807) is 40.9 Å². The second-order valence-corrected chi connectivity index (χ2v) is 8.27. The van der Waals surface area contributed by atoms with Crippen molar-refractivity contribution in [1.29, 1.82) is 0 Å². The maximum absolute atomic E-state index is 12.8. The molecule has 0 saturated carbocycles. The maximum Gasteiger partial charge on any atom is 0.351 e. The van der Waals surface area contributed by atoms with Gasteiger partial charge in [0, 0.05) is 22.1 Å². The number of thioether (sulfide) groups is 1. The van der Waals surface area contributed by atoms with Crippen LogP contribution in [0.1, 0.15) is 23.7 Å². The minimum absolute atomic E-state index is 0.225. The lowest BCUT2D eigenvalue weighted by Crippen LogP contribution is -2.36. The molecular formula is C22H19NO5S. The number of hydrogen-bond acceptors (Lipinski definition) is 6. The molecule has 1 atom stereocenters. The third-order valence-electron chi connectivity index (χ3n) is 4.73. The molecule has 1 aliphatic heterocycles. The molecule has 7 heteroatoms. The molecule has 1 aromatic heterocycles. The van der Waals surface area contributed by atoms with E-state index in [4.69, 9.17) is 9.15 Å². The fraction of sp³-hybridized carbons (Fsp3) is 0.227. The largest absolute Gasteiger partial charge is 0.452 e. The van der Waals surface area contributed by atoms with Gasteiger partial charge in [0.15, 0.2) is 6.61 Å². The SMILES string of the molecule is C[C@H]1CCN(C(=O)COC(=O)c2cc3ccccc3oc2=O)c2ccccc2S1. The van der Waals surface area contributed by atoms with E-state index in [1.807, 2.05) is 24.3 Å². The molecule has 4 rings (SSSR count). The molecule has 0 fully saturated rings. The molecule has 6 nitrogen and oxygen atoms in total. The Kier molecular flexibility index (Phi) is 5.40. The van der Waals surface area contributed by atoms with Gasteiger partial charge in [0.05, 0.1) is 5.69 Å². The molecule has 0 aliphatic carbocycles. The lowest BCUT2D eigenvalue weighted by molar-refractivity contribution is -0.121. The second-order valence-electron chi connectivity index (χ2n) is 6.79. The van der Waals surface area contributed by atoms with Gasteiger partial charge in [0.2, 0.25) is 0 Å². The lowest BCUT2D eigenvalue weighted by atomic mass is 10.2. The van der Waals surface area contributed by atoms with Crippen molar-refractivity contribution in [1.82, 2.24) is 0 Å². The van der Waals surface area contributed by atoms with Gasteiger partial charge in [-0.15, -0.1) is 11.8 Å². The van der Waals surface area contributed by atoms with Crippen LogP contribution in [0.25, 0.3) is 11.0 Å². The van der Waals surface area contributed by atoms with E-state index in [2.05, 4.69) is 6.92 Å². The van der Waals surface area contributed by atoms with Gasteiger partial charge in [-0.2, -0.15) is 0 Å². The van der Waals surface area contributed by atoms with Crippen molar-refractivity contribution >= 4 is 40.3 Å². The predicted octanol–water partition coefficient (Wildman–Crippen LogP) is 3.87. The quantitative estimate of drug-likeness (QED) is 0.483. The van der Waals surface area contributed by atoms with Crippen LogP contribution in [0.4, 0.5) is 5.69 Å². The van der Waals surface area contributed by atoms with Gasteiger partial charge < -0.3 is 14.1 Å². The molecule has 148 valence electrons. The van der Waals surface area contributed by atoms with Gasteiger partial charge in [-0.05, 0) is 30.7 Å². The average molecular weight is 409 g/mol. The Morgan fingerprint density at radius 2 is 1.93 bits per heavy atom. The summed E-state index contributed by atoms with van der Waals surface area (Å²) in [4.78, 5) is 40.0. The second kappa shape index (κ2) is 8.13. The number of hydrogen-bond donors (Lipinski definition) is 0. The number of carbonyl (C=O) groups excluding carboxylic acids is 2. The number of benzene rings is 2. The number of fused-ring (bicyclic) bond motifs is 2. The molecular weight excluding hydrogens is 390 g/mol.